The molecular weight excluding hydrogens is 258 g/mol. The van der Waals surface area contributed by atoms with Gasteiger partial charge in [-0.15, -0.1) is 11.8 Å². The van der Waals surface area contributed by atoms with E-state index in [1.807, 2.05) is 50.4 Å². The quantitative estimate of drug-likeness (QED) is 0.864. The van der Waals surface area contributed by atoms with E-state index in [1.54, 1.807) is 11.8 Å². The first-order valence-corrected chi connectivity index (χ1v) is 7.27. The molecule has 3 nitrogen and oxygen atoms in total. The van der Waals surface area contributed by atoms with Crippen LogP contribution in [-0.2, 0) is 6.61 Å². The van der Waals surface area contributed by atoms with Crippen LogP contribution in [0.4, 0.5) is 0 Å². The fourth-order valence-electron chi connectivity index (χ4n) is 1.91. The van der Waals surface area contributed by atoms with E-state index in [-0.39, 0.29) is 6.61 Å². The minimum absolute atomic E-state index is 0.0735. The number of aryl methyl sites for hydroxylation is 2. The normalized spacial score (nSPS) is 10.5. The Labute approximate surface area is 117 Å². The number of rotatable bonds is 4. The van der Waals surface area contributed by atoms with Gasteiger partial charge in [-0.05, 0) is 43.9 Å². The van der Waals surface area contributed by atoms with Crippen LogP contribution in [0, 0.1) is 13.8 Å². The van der Waals surface area contributed by atoms with Crippen LogP contribution in [0.15, 0.2) is 35.2 Å². The monoisotopic (exact) mass is 275 g/mol. The van der Waals surface area contributed by atoms with Gasteiger partial charge >= 0.3 is 0 Å². The van der Waals surface area contributed by atoms with Crippen LogP contribution in [0.5, 0.6) is 11.6 Å². The molecule has 2 rings (SSSR count). The largest absolute Gasteiger partial charge is 0.437 e. The smallest absolute Gasteiger partial charge is 0.225 e. The summed E-state index contributed by atoms with van der Waals surface area (Å²) in [5.74, 6) is 1.25. The number of thioether (sulfide) groups is 1. The molecule has 1 aromatic heterocycles. The van der Waals surface area contributed by atoms with Gasteiger partial charge in [-0.2, -0.15) is 0 Å². The summed E-state index contributed by atoms with van der Waals surface area (Å²) in [5, 5.41) is 9.47. The lowest BCUT2D eigenvalue weighted by molar-refractivity contribution is 0.273. The minimum Gasteiger partial charge on any atom is -0.437 e. The molecule has 0 atom stereocenters. The first-order chi connectivity index (χ1) is 9.15. The fraction of sp³-hybridized carbons (Fsp3) is 0.267. The molecule has 0 unspecified atom stereocenters. The molecule has 1 heterocycles. The van der Waals surface area contributed by atoms with Crippen molar-refractivity contribution in [3.05, 3.63) is 47.2 Å². The SMILES string of the molecule is CSc1ccccc1Oc1nc(C)cc(C)c1CO. The van der Waals surface area contributed by atoms with Crippen molar-refractivity contribution in [2.75, 3.05) is 6.26 Å². The minimum atomic E-state index is -0.0735. The van der Waals surface area contributed by atoms with Gasteiger partial charge in [0.25, 0.3) is 0 Å². The third kappa shape index (κ3) is 3.08. The molecular formula is C15H17NO2S. The highest BCUT2D eigenvalue weighted by molar-refractivity contribution is 7.98. The van der Waals surface area contributed by atoms with Crippen molar-refractivity contribution in [3.63, 3.8) is 0 Å². The van der Waals surface area contributed by atoms with E-state index in [9.17, 15) is 5.11 Å². The predicted octanol–water partition coefficient (Wildman–Crippen LogP) is 3.70. The molecule has 100 valence electrons. The number of aliphatic hydroxyl groups is 1. The lowest BCUT2D eigenvalue weighted by Crippen LogP contribution is -2.00. The van der Waals surface area contributed by atoms with Crippen molar-refractivity contribution < 1.29 is 9.84 Å². The Balaban J connectivity index is 2.43. The summed E-state index contributed by atoms with van der Waals surface area (Å²) in [6.07, 6.45) is 2.00. The van der Waals surface area contributed by atoms with Crippen LogP contribution in [0.1, 0.15) is 16.8 Å². The van der Waals surface area contributed by atoms with Gasteiger partial charge in [-0.1, -0.05) is 12.1 Å². The summed E-state index contributed by atoms with van der Waals surface area (Å²) < 4.78 is 5.89. The molecule has 0 aliphatic rings. The van der Waals surface area contributed by atoms with E-state index < -0.39 is 0 Å². The van der Waals surface area contributed by atoms with Crippen molar-refractivity contribution >= 4 is 11.8 Å². The number of aromatic nitrogens is 1. The number of benzene rings is 1. The maximum absolute atomic E-state index is 9.47. The zero-order chi connectivity index (χ0) is 13.8. The van der Waals surface area contributed by atoms with Crippen LogP contribution >= 0.6 is 11.8 Å². The predicted molar refractivity (Wildman–Crippen MR) is 77.9 cm³/mol. The summed E-state index contributed by atoms with van der Waals surface area (Å²) in [4.78, 5) is 5.43. The lowest BCUT2D eigenvalue weighted by Gasteiger charge is -2.13. The number of nitrogens with zero attached hydrogens (tertiary/aromatic N) is 1. The molecule has 0 spiro atoms. The Bertz CT molecular complexity index is 584. The first kappa shape index (κ1) is 13.9. The van der Waals surface area contributed by atoms with Crippen molar-refractivity contribution in [1.82, 2.24) is 4.98 Å². The maximum Gasteiger partial charge on any atom is 0.225 e. The van der Waals surface area contributed by atoms with Crippen molar-refractivity contribution in [2.45, 2.75) is 25.3 Å². The highest BCUT2D eigenvalue weighted by atomic mass is 32.2. The van der Waals surface area contributed by atoms with Gasteiger partial charge in [0.05, 0.1) is 6.61 Å². The molecule has 0 amide bonds. The van der Waals surface area contributed by atoms with Gasteiger partial charge in [0.15, 0.2) is 0 Å². The van der Waals surface area contributed by atoms with E-state index in [1.165, 1.54) is 0 Å². The molecule has 0 radical (unpaired) electrons. The van der Waals surface area contributed by atoms with Crippen LogP contribution in [0.3, 0.4) is 0 Å². The standard InChI is InChI=1S/C15H17NO2S/c1-10-8-11(2)16-15(12(10)9-17)18-13-6-4-5-7-14(13)19-3/h4-8,17H,9H2,1-3H3. The molecule has 2 aromatic rings. The van der Waals surface area contributed by atoms with Crippen LogP contribution in [0.25, 0.3) is 0 Å². The molecule has 0 bridgehead atoms. The second kappa shape index (κ2) is 6.08. The Morgan fingerprint density at radius 3 is 2.68 bits per heavy atom. The van der Waals surface area contributed by atoms with Crippen LogP contribution < -0.4 is 4.74 Å². The molecule has 0 saturated carbocycles. The molecule has 0 saturated heterocycles. The second-order valence-electron chi connectivity index (χ2n) is 4.28. The van der Waals surface area contributed by atoms with Crippen LogP contribution in [-0.4, -0.2) is 16.3 Å². The van der Waals surface area contributed by atoms with Crippen molar-refractivity contribution in [1.29, 1.82) is 0 Å². The highest BCUT2D eigenvalue weighted by Crippen LogP contribution is 2.32. The number of ether oxygens (including phenoxy) is 1. The zero-order valence-corrected chi connectivity index (χ0v) is 12.1. The Kier molecular flexibility index (Phi) is 4.45. The zero-order valence-electron chi connectivity index (χ0n) is 11.3. The topological polar surface area (TPSA) is 42.4 Å². The Hall–Kier alpha value is -1.52. The number of para-hydroxylation sites is 1. The first-order valence-electron chi connectivity index (χ1n) is 6.04. The van der Waals surface area contributed by atoms with Crippen molar-refractivity contribution in [2.24, 2.45) is 0 Å². The van der Waals surface area contributed by atoms with Gasteiger partial charge < -0.3 is 9.84 Å². The third-order valence-electron chi connectivity index (χ3n) is 2.87. The van der Waals surface area contributed by atoms with Gasteiger partial charge in [-0.3, -0.25) is 0 Å². The van der Waals surface area contributed by atoms with E-state index in [2.05, 4.69) is 4.98 Å². The number of hydrogen-bond donors (Lipinski definition) is 1. The third-order valence-corrected chi connectivity index (χ3v) is 3.65. The van der Waals surface area contributed by atoms with E-state index in [0.717, 1.165) is 27.5 Å². The molecule has 1 N–H and O–H groups in total. The highest BCUT2D eigenvalue weighted by Gasteiger charge is 2.12. The molecule has 1 aromatic carbocycles. The average Bonchev–Trinajstić information content (AvgIpc) is 2.39. The van der Waals surface area contributed by atoms with Gasteiger partial charge in [0, 0.05) is 16.2 Å². The van der Waals surface area contributed by atoms with Crippen molar-refractivity contribution in [3.8, 4) is 11.6 Å². The van der Waals surface area contributed by atoms with E-state index in [4.69, 9.17) is 4.74 Å². The number of hydrogen-bond acceptors (Lipinski definition) is 4. The summed E-state index contributed by atoms with van der Waals surface area (Å²) in [7, 11) is 0. The molecule has 0 aliphatic carbocycles. The van der Waals surface area contributed by atoms with Gasteiger partial charge in [0.1, 0.15) is 5.75 Å². The number of pyridine rings is 1. The van der Waals surface area contributed by atoms with Gasteiger partial charge in [-0.25, -0.2) is 4.98 Å². The Morgan fingerprint density at radius 2 is 2.00 bits per heavy atom. The lowest BCUT2D eigenvalue weighted by atomic mass is 10.1. The molecule has 19 heavy (non-hydrogen) atoms. The second-order valence-corrected chi connectivity index (χ2v) is 5.12. The molecule has 0 aliphatic heterocycles. The number of aliphatic hydroxyl groups excluding tert-OH is 1. The Morgan fingerprint density at radius 1 is 1.26 bits per heavy atom. The summed E-state index contributed by atoms with van der Waals surface area (Å²) >= 11 is 1.62. The summed E-state index contributed by atoms with van der Waals surface area (Å²) in [6, 6.07) is 9.75. The fourth-order valence-corrected chi connectivity index (χ4v) is 2.44. The molecule has 4 heteroatoms. The average molecular weight is 275 g/mol. The van der Waals surface area contributed by atoms with E-state index >= 15 is 0 Å². The maximum atomic E-state index is 9.47. The summed E-state index contributed by atoms with van der Waals surface area (Å²) in [5.41, 5.74) is 2.61. The van der Waals surface area contributed by atoms with Crippen LogP contribution in [0.2, 0.25) is 0 Å². The van der Waals surface area contributed by atoms with E-state index in [0.29, 0.717) is 5.88 Å². The molecule has 0 fully saturated rings. The summed E-state index contributed by atoms with van der Waals surface area (Å²) in [6.45, 7) is 3.80. The van der Waals surface area contributed by atoms with Gasteiger partial charge in [0.2, 0.25) is 5.88 Å².